The monoisotopic (exact) mass is 384 g/mol. The summed E-state index contributed by atoms with van der Waals surface area (Å²) in [6.45, 7) is 11.8. The molecule has 0 N–H and O–H groups in total. The van der Waals surface area contributed by atoms with Gasteiger partial charge in [-0.3, -0.25) is 0 Å². The Morgan fingerprint density at radius 1 is 0.821 bits per heavy atom. The van der Waals surface area contributed by atoms with Gasteiger partial charge in [-0.15, -0.1) is 0 Å². The van der Waals surface area contributed by atoms with Crippen molar-refractivity contribution in [2.24, 2.45) is 17.3 Å². The Balaban J connectivity index is 1.81. The Bertz CT molecular complexity index is 515. The Labute approximate surface area is 176 Å². The van der Waals surface area contributed by atoms with Crippen LogP contribution in [0.4, 0.5) is 0 Å². The van der Waals surface area contributed by atoms with E-state index in [2.05, 4.69) is 58.9 Å². The molecule has 0 aliphatic heterocycles. The van der Waals surface area contributed by atoms with Gasteiger partial charge in [0, 0.05) is 0 Å². The van der Waals surface area contributed by atoms with Gasteiger partial charge in [0.25, 0.3) is 0 Å². The average molecular weight is 385 g/mol. The molecule has 0 spiro atoms. The predicted octanol–water partition coefficient (Wildman–Crippen LogP) is 9.33. The van der Waals surface area contributed by atoms with Gasteiger partial charge in [0.05, 0.1) is 0 Å². The first-order chi connectivity index (χ1) is 13.5. The molecule has 2 rings (SSSR count). The van der Waals surface area contributed by atoms with Crippen molar-refractivity contribution in [2.45, 2.75) is 124 Å². The van der Waals surface area contributed by atoms with Crippen LogP contribution < -0.4 is 0 Å². The normalized spacial score (nSPS) is 21.6. The second kappa shape index (κ2) is 12.0. The molecule has 1 aromatic carbocycles. The molecule has 0 heteroatoms. The van der Waals surface area contributed by atoms with Crippen LogP contribution in [0, 0.1) is 17.3 Å². The molecular formula is C28H48. The highest BCUT2D eigenvalue weighted by Crippen LogP contribution is 2.36. The molecule has 1 aromatic rings. The molecule has 0 aromatic heterocycles. The smallest absolute Gasteiger partial charge is 0.0162 e. The van der Waals surface area contributed by atoms with Crippen molar-refractivity contribution in [3.05, 3.63) is 35.4 Å². The largest absolute Gasteiger partial charge is 0.0654 e. The summed E-state index contributed by atoms with van der Waals surface area (Å²) >= 11 is 0. The highest BCUT2D eigenvalue weighted by Gasteiger charge is 2.21. The minimum Gasteiger partial charge on any atom is -0.0654 e. The maximum absolute atomic E-state index is 2.44. The van der Waals surface area contributed by atoms with E-state index in [1.165, 1.54) is 89.0 Å². The summed E-state index contributed by atoms with van der Waals surface area (Å²) in [7, 11) is 0. The van der Waals surface area contributed by atoms with Crippen molar-refractivity contribution in [2.75, 3.05) is 0 Å². The first kappa shape index (κ1) is 23.5. The zero-order valence-corrected chi connectivity index (χ0v) is 19.7. The summed E-state index contributed by atoms with van der Waals surface area (Å²) in [6.07, 6.45) is 18.3. The lowest BCUT2D eigenvalue weighted by atomic mass is 9.77. The van der Waals surface area contributed by atoms with E-state index in [0.29, 0.717) is 5.41 Å². The average Bonchev–Trinajstić information content (AvgIpc) is 2.69. The van der Waals surface area contributed by atoms with Gasteiger partial charge >= 0.3 is 0 Å². The minimum absolute atomic E-state index is 0.417. The highest BCUT2D eigenvalue weighted by molar-refractivity contribution is 5.26. The number of rotatable bonds is 12. The number of hydrogen-bond donors (Lipinski definition) is 0. The fourth-order valence-electron chi connectivity index (χ4n) is 5.28. The van der Waals surface area contributed by atoms with Gasteiger partial charge in [0.2, 0.25) is 0 Å². The van der Waals surface area contributed by atoms with Crippen LogP contribution in [0.5, 0.6) is 0 Å². The quantitative estimate of drug-likeness (QED) is 0.336. The predicted molar refractivity (Wildman–Crippen MR) is 126 cm³/mol. The summed E-state index contributed by atoms with van der Waals surface area (Å²) in [5, 5.41) is 0. The van der Waals surface area contributed by atoms with Crippen LogP contribution in [0.1, 0.15) is 129 Å². The number of hydrogen-bond acceptors (Lipinski definition) is 0. The van der Waals surface area contributed by atoms with Crippen molar-refractivity contribution in [3.63, 3.8) is 0 Å². The van der Waals surface area contributed by atoms with Crippen LogP contribution in [0.3, 0.4) is 0 Å². The van der Waals surface area contributed by atoms with Gasteiger partial charge in [0.1, 0.15) is 0 Å². The second-order valence-corrected chi connectivity index (χ2v) is 10.5. The Morgan fingerprint density at radius 2 is 1.43 bits per heavy atom. The molecule has 0 radical (unpaired) electrons. The molecule has 0 nitrogen and oxygen atoms in total. The molecule has 1 saturated carbocycles. The lowest BCUT2D eigenvalue weighted by Gasteiger charge is -2.29. The lowest BCUT2D eigenvalue weighted by molar-refractivity contribution is 0.246. The van der Waals surface area contributed by atoms with Crippen LogP contribution in [-0.4, -0.2) is 0 Å². The van der Waals surface area contributed by atoms with Gasteiger partial charge in [-0.1, -0.05) is 123 Å². The molecule has 1 aliphatic rings. The van der Waals surface area contributed by atoms with Crippen molar-refractivity contribution >= 4 is 0 Å². The summed E-state index contributed by atoms with van der Waals surface area (Å²) in [4.78, 5) is 0. The molecule has 160 valence electrons. The van der Waals surface area contributed by atoms with Crippen LogP contribution in [-0.2, 0) is 6.42 Å². The zero-order chi connectivity index (χ0) is 20.4. The fourth-order valence-corrected chi connectivity index (χ4v) is 5.28. The fraction of sp³-hybridized carbons (Fsp3) is 0.786. The van der Waals surface area contributed by atoms with Crippen molar-refractivity contribution in [1.82, 2.24) is 0 Å². The molecule has 28 heavy (non-hydrogen) atoms. The van der Waals surface area contributed by atoms with Gasteiger partial charge in [0.15, 0.2) is 0 Å². The second-order valence-electron chi connectivity index (χ2n) is 10.5. The summed E-state index contributed by atoms with van der Waals surface area (Å²) in [5.41, 5.74) is 3.52. The van der Waals surface area contributed by atoms with Crippen LogP contribution in [0.2, 0.25) is 0 Å². The zero-order valence-electron chi connectivity index (χ0n) is 19.7. The van der Waals surface area contributed by atoms with Crippen molar-refractivity contribution < 1.29 is 0 Å². The standard InChI is InChI=1S/C28H48/c1-6-10-23-14-16-24(17-15-23)12-9-13-26(11-7-2)27-20-18-25(19-21-27)22-28(4,5)8-3/h18-21,23-24,26H,6-17,22H2,1-5H3. The van der Waals surface area contributed by atoms with Crippen LogP contribution in [0.15, 0.2) is 24.3 Å². The van der Waals surface area contributed by atoms with E-state index in [1.807, 2.05) is 0 Å². The SMILES string of the molecule is CCCC1CCC(CCCC(CCC)c2ccc(CC(C)(C)CC)cc2)CC1. The van der Waals surface area contributed by atoms with Gasteiger partial charge in [-0.25, -0.2) is 0 Å². The molecule has 1 unspecified atom stereocenters. The molecule has 1 atom stereocenters. The summed E-state index contributed by atoms with van der Waals surface area (Å²) in [5.74, 6) is 2.84. The van der Waals surface area contributed by atoms with E-state index in [9.17, 15) is 0 Å². The molecule has 1 fully saturated rings. The maximum atomic E-state index is 2.44. The van der Waals surface area contributed by atoms with Gasteiger partial charge in [-0.05, 0) is 53.6 Å². The van der Waals surface area contributed by atoms with Crippen molar-refractivity contribution in [1.29, 1.82) is 0 Å². The molecule has 0 heterocycles. The first-order valence-electron chi connectivity index (χ1n) is 12.6. The molecular weight excluding hydrogens is 336 g/mol. The van der Waals surface area contributed by atoms with Gasteiger partial charge in [-0.2, -0.15) is 0 Å². The van der Waals surface area contributed by atoms with E-state index in [-0.39, 0.29) is 0 Å². The Morgan fingerprint density at radius 3 is 1.96 bits per heavy atom. The third-order valence-electron chi connectivity index (χ3n) is 7.56. The molecule has 0 bridgehead atoms. The highest BCUT2D eigenvalue weighted by atomic mass is 14.3. The maximum Gasteiger partial charge on any atom is -0.0162 e. The van der Waals surface area contributed by atoms with Gasteiger partial charge < -0.3 is 0 Å². The first-order valence-corrected chi connectivity index (χ1v) is 12.6. The lowest BCUT2D eigenvalue weighted by Crippen LogP contribution is -2.14. The van der Waals surface area contributed by atoms with Crippen LogP contribution in [0.25, 0.3) is 0 Å². The van der Waals surface area contributed by atoms with E-state index >= 15 is 0 Å². The van der Waals surface area contributed by atoms with E-state index in [4.69, 9.17) is 0 Å². The van der Waals surface area contributed by atoms with E-state index < -0.39 is 0 Å². The molecule has 0 amide bonds. The third-order valence-corrected chi connectivity index (χ3v) is 7.56. The van der Waals surface area contributed by atoms with E-state index in [0.717, 1.165) is 17.8 Å². The van der Waals surface area contributed by atoms with Crippen LogP contribution >= 0.6 is 0 Å². The molecule has 0 saturated heterocycles. The Hall–Kier alpha value is -0.780. The van der Waals surface area contributed by atoms with Crippen molar-refractivity contribution in [3.8, 4) is 0 Å². The number of benzene rings is 1. The minimum atomic E-state index is 0.417. The third kappa shape index (κ3) is 7.92. The van der Waals surface area contributed by atoms with E-state index in [1.54, 1.807) is 5.56 Å². The molecule has 1 aliphatic carbocycles. The summed E-state index contributed by atoms with van der Waals surface area (Å²) < 4.78 is 0. The Kier molecular flexibility index (Phi) is 10.1. The summed E-state index contributed by atoms with van der Waals surface area (Å²) in [6, 6.07) is 9.70. The topological polar surface area (TPSA) is 0 Å².